The zero-order chi connectivity index (χ0) is 26.9. The summed E-state index contributed by atoms with van der Waals surface area (Å²) < 4.78 is 0. The van der Waals surface area contributed by atoms with Gasteiger partial charge in [-0.2, -0.15) is 0 Å². The molecule has 4 aromatic carbocycles. The fraction of sp³-hybridized carbons (Fsp3) is 0.333. The smallest absolute Gasteiger partial charge is 0.0464 e. The topological polar surface area (TPSA) is 3.24 Å². The van der Waals surface area contributed by atoms with E-state index in [9.17, 15) is 0 Å². The van der Waals surface area contributed by atoms with Crippen molar-refractivity contribution in [2.75, 3.05) is 4.90 Å². The lowest BCUT2D eigenvalue weighted by atomic mass is 9.90. The van der Waals surface area contributed by atoms with E-state index in [1.54, 1.807) is 0 Å². The van der Waals surface area contributed by atoms with Crippen LogP contribution in [0.2, 0.25) is 0 Å². The normalized spacial score (nSPS) is 11.1. The van der Waals surface area contributed by atoms with Crippen molar-refractivity contribution in [3.63, 3.8) is 0 Å². The van der Waals surface area contributed by atoms with Crippen LogP contribution < -0.4 is 4.90 Å². The van der Waals surface area contributed by atoms with Gasteiger partial charge in [0.15, 0.2) is 0 Å². The highest BCUT2D eigenvalue weighted by atomic mass is 15.1. The van der Waals surface area contributed by atoms with Gasteiger partial charge in [0.05, 0.1) is 0 Å². The van der Waals surface area contributed by atoms with Crippen LogP contribution in [-0.4, -0.2) is 0 Å². The van der Waals surface area contributed by atoms with E-state index < -0.39 is 0 Å². The minimum atomic E-state index is 0.505. The van der Waals surface area contributed by atoms with Crippen molar-refractivity contribution in [3.8, 4) is 0 Å². The molecule has 0 radical (unpaired) electrons. The van der Waals surface area contributed by atoms with Crippen LogP contribution in [-0.2, 0) is 0 Å². The summed E-state index contributed by atoms with van der Waals surface area (Å²) in [7, 11) is 0. The Morgan fingerprint density at radius 2 is 0.703 bits per heavy atom. The predicted octanol–water partition coefficient (Wildman–Crippen LogP) is 11.3. The van der Waals surface area contributed by atoms with Crippen molar-refractivity contribution >= 4 is 17.1 Å². The lowest BCUT2D eigenvalue weighted by Crippen LogP contribution is -2.11. The molecule has 37 heavy (non-hydrogen) atoms. The van der Waals surface area contributed by atoms with Crippen molar-refractivity contribution in [1.29, 1.82) is 0 Å². The van der Waals surface area contributed by atoms with Gasteiger partial charge in [-0.05, 0) is 82.3 Å². The Hall–Kier alpha value is -3.32. The zero-order valence-corrected chi connectivity index (χ0v) is 24.1. The lowest BCUT2D eigenvalue weighted by molar-refractivity contribution is 0.790. The van der Waals surface area contributed by atoms with Gasteiger partial charge in [0.1, 0.15) is 0 Å². The van der Waals surface area contributed by atoms with Crippen LogP contribution in [0.4, 0.5) is 17.1 Å². The molecule has 0 aliphatic heterocycles. The summed E-state index contributed by atoms with van der Waals surface area (Å²) in [4.78, 5) is 2.33. The predicted molar refractivity (Wildman–Crippen MR) is 164 cm³/mol. The first-order valence-electron chi connectivity index (χ1n) is 13.8. The van der Waals surface area contributed by atoms with Crippen LogP contribution in [0.1, 0.15) is 101 Å². The summed E-state index contributed by atoms with van der Waals surface area (Å²) in [5.74, 6) is 2.33. The highest BCUT2D eigenvalue weighted by Gasteiger charge is 2.16. The zero-order valence-electron chi connectivity index (χ0n) is 24.1. The first-order valence-corrected chi connectivity index (χ1v) is 13.8. The average Bonchev–Trinajstić information content (AvgIpc) is 2.90. The van der Waals surface area contributed by atoms with Crippen molar-refractivity contribution < 1.29 is 0 Å². The highest BCUT2D eigenvalue weighted by Crippen LogP contribution is 2.37. The molecule has 0 unspecified atom stereocenters. The van der Waals surface area contributed by atoms with Crippen molar-refractivity contribution in [2.45, 2.75) is 79.1 Å². The van der Waals surface area contributed by atoms with E-state index in [-0.39, 0.29) is 0 Å². The van der Waals surface area contributed by atoms with Crippen molar-refractivity contribution in [2.24, 2.45) is 0 Å². The number of hydrogen-bond donors (Lipinski definition) is 0. The Labute approximate surface area is 226 Å². The standard InChI is InChI=1S/C24H27N.C12H18/c1-18(2)23-16-15-22(17-24(23)19(3)4)25(20-11-7-5-8-12-20)21-13-9-6-10-14-21;1-9(2)11-7-5-6-8-12(11)10(3)4/h5-19H,1-4H3;5-10H,1-4H3. The van der Waals surface area contributed by atoms with Gasteiger partial charge >= 0.3 is 0 Å². The molecule has 194 valence electrons. The van der Waals surface area contributed by atoms with Gasteiger partial charge in [0, 0.05) is 17.1 Å². The van der Waals surface area contributed by atoms with Crippen molar-refractivity contribution in [1.82, 2.24) is 0 Å². The first kappa shape index (κ1) is 28.3. The number of benzene rings is 4. The maximum absolute atomic E-state index is 2.36. The molecule has 0 atom stereocenters. The van der Waals surface area contributed by atoms with Gasteiger partial charge in [-0.3, -0.25) is 0 Å². The van der Waals surface area contributed by atoms with Crippen molar-refractivity contribution in [3.05, 3.63) is 125 Å². The molecular weight excluding hydrogens is 446 g/mol. The van der Waals surface area contributed by atoms with Gasteiger partial charge in [-0.15, -0.1) is 0 Å². The second kappa shape index (κ2) is 13.3. The molecule has 0 N–H and O–H groups in total. The Bertz CT molecular complexity index is 1150. The van der Waals surface area contributed by atoms with Gasteiger partial charge in [-0.1, -0.05) is 122 Å². The van der Waals surface area contributed by atoms with Gasteiger partial charge in [0.2, 0.25) is 0 Å². The maximum atomic E-state index is 2.36. The molecule has 0 spiro atoms. The Morgan fingerprint density at radius 1 is 0.351 bits per heavy atom. The molecule has 0 bridgehead atoms. The van der Waals surface area contributed by atoms with E-state index in [2.05, 4.69) is 163 Å². The third-order valence-corrected chi connectivity index (χ3v) is 6.84. The SMILES string of the molecule is CC(C)c1ccc(N(c2ccccc2)c2ccccc2)cc1C(C)C.CC(C)c1ccccc1C(C)C. The lowest BCUT2D eigenvalue weighted by Gasteiger charge is -2.27. The van der Waals surface area contributed by atoms with Crippen LogP contribution >= 0.6 is 0 Å². The van der Waals surface area contributed by atoms with Crippen LogP contribution in [0.15, 0.2) is 103 Å². The summed E-state index contributed by atoms with van der Waals surface area (Å²) in [5.41, 5.74) is 9.44. The number of para-hydroxylation sites is 2. The molecule has 0 aliphatic rings. The minimum absolute atomic E-state index is 0.505. The molecule has 0 saturated heterocycles. The molecule has 4 aromatic rings. The molecule has 0 aliphatic carbocycles. The number of anilines is 3. The molecular formula is C36H45N. The number of rotatable bonds is 7. The number of hydrogen-bond acceptors (Lipinski definition) is 1. The Kier molecular flexibility index (Phi) is 10.1. The molecule has 1 nitrogen and oxygen atoms in total. The molecule has 0 aromatic heterocycles. The van der Waals surface area contributed by atoms with E-state index in [0.717, 1.165) is 0 Å². The molecule has 0 saturated carbocycles. The van der Waals surface area contributed by atoms with Gasteiger partial charge < -0.3 is 4.90 Å². The van der Waals surface area contributed by atoms with E-state index in [4.69, 9.17) is 0 Å². The Morgan fingerprint density at radius 3 is 1.08 bits per heavy atom. The molecule has 1 heteroatoms. The summed E-state index contributed by atoms with van der Waals surface area (Å²) in [5, 5.41) is 0. The summed E-state index contributed by atoms with van der Waals surface area (Å²) in [6, 6.07) is 36.8. The summed E-state index contributed by atoms with van der Waals surface area (Å²) >= 11 is 0. The van der Waals surface area contributed by atoms with Gasteiger partial charge in [0.25, 0.3) is 0 Å². The quantitative estimate of drug-likeness (QED) is 0.248. The van der Waals surface area contributed by atoms with Crippen LogP contribution in [0.5, 0.6) is 0 Å². The molecule has 0 fully saturated rings. The van der Waals surface area contributed by atoms with Crippen LogP contribution in [0.25, 0.3) is 0 Å². The highest BCUT2D eigenvalue weighted by molar-refractivity contribution is 5.77. The third-order valence-electron chi connectivity index (χ3n) is 6.84. The fourth-order valence-electron chi connectivity index (χ4n) is 4.89. The maximum Gasteiger partial charge on any atom is 0.0464 e. The number of nitrogens with zero attached hydrogens (tertiary/aromatic N) is 1. The molecule has 4 rings (SSSR count). The largest absolute Gasteiger partial charge is 0.310 e. The minimum Gasteiger partial charge on any atom is -0.310 e. The van der Waals surface area contributed by atoms with E-state index in [1.807, 2.05) is 0 Å². The van der Waals surface area contributed by atoms with E-state index >= 15 is 0 Å². The average molecular weight is 492 g/mol. The molecule has 0 amide bonds. The monoisotopic (exact) mass is 491 g/mol. The third kappa shape index (κ3) is 7.35. The fourth-order valence-corrected chi connectivity index (χ4v) is 4.89. The summed E-state index contributed by atoms with van der Waals surface area (Å²) in [6.45, 7) is 18.1. The first-order chi connectivity index (χ1) is 17.7. The summed E-state index contributed by atoms with van der Waals surface area (Å²) in [6.07, 6.45) is 0. The molecule has 0 heterocycles. The Balaban J connectivity index is 0.000000266. The van der Waals surface area contributed by atoms with E-state index in [0.29, 0.717) is 23.7 Å². The second-order valence-electron chi connectivity index (χ2n) is 11.1. The second-order valence-corrected chi connectivity index (χ2v) is 11.1. The van der Waals surface area contributed by atoms with E-state index in [1.165, 1.54) is 39.3 Å². The van der Waals surface area contributed by atoms with Gasteiger partial charge in [-0.25, -0.2) is 0 Å². The van der Waals surface area contributed by atoms with Crippen LogP contribution in [0, 0.1) is 0 Å². The van der Waals surface area contributed by atoms with Crippen LogP contribution in [0.3, 0.4) is 0 Å².